The van der Waals surface area contributed by atoms with E-state index in [9.17, 15) is 9.59 Å². The van der Waals surface area contributed by atoms with Crippen molar-refractivity contribution in [2.24, 2.45) is 0 Å². The number of rotatable bonds is 4. The highest BCUT2D eigenvalue weighted by Crippen LogP contribution is 2.00. The smallest absolute Gasteiger partial charge is 0.325 e. The first-order valence-electron chi connectivity index (χ1n) is 6.08. The van der Waals surface area contributed by atoms with Crippen LogP contribution in [-0.2, 0) is 9.53 Å². The Morgan fingerprint density at radius 1 is 1.18 bits per heavy atom. The molecule has 1 saturated heterocycles. The van der Waals surface area contributed by atoms with Gasteiger partial charge in [0.15, 0.2) is 0 Å². The number of nitrogens with zero attached hydrogens (tertiary/aromatic N) is 2. The fraction of sp³-hybridized carbons (Fsp3) is 0.818. The summed E-state index contributed by atoms with van der Waals surface area (Å²) in [6, 6.07) is -0.186. The van der Waals surface area contributed by atoms with Crippen molar-refractivity contribution < 1.29 is 14.3 Å². The van der Waals surface area contributed by atoms with Crippen LogP contribution in [0.2, 0.25) is 0 Å². The van der Waals surface area contributed by atoms with Crippen LogP contribution in [0.1, 0.15) is 13.8 Å². The zero-order chi connectivity index (χ0) is 12.7. The van der Waals surface area contributed by atoms with E-state index in [0.29, 0.717) is 19.7 Å². The van der Waals surface area contributed by atoms with Gasteiger partial charge in [-0.1, -0.05) is 6.92 Å². The number of urea groups is 1. The predicted molar refractivity (Wildman–Crippen MR) is 63.7 cm³/mol. The summed E-state index contributed by atoms with van der Waals surface area (Å²) in [5, 5.41) is 2.56. The zero-order valence-electron chi connectivity index (χ0n) is 10.6. The molecule has 2 amide bonds. The molecule has 1 rings (SSSR count). The minimum absolute atomic E-state index is 0.0549. The minimum Gasteiger partial charge on any atom is -0.465 e. The van der Waals surface area contributed by atoms with Crippen LogP contribution in [0, 0.1) is 0 Å². The molecule has 1 aliphatic rings. The number of amides is 2. The summed E-state index contributed by atoms with van der Waals surface area (Å²) in [5.74, 6) is -0.395. The van der Waals surface area contributed by atoms with Gasteiger partial charge in [-0.05, 0) is 13.5 Å². The van der Waals surface area contributed by atoms with Crippen molar-refractivity contribution >= 4 is 12.0 Å². The molecule has 0 radical (unpaired) electrons. The van der Waals surface area contributed by atoms with Gasteiger partial charge < -0.3 is 19.9 Å². The number of esters is 1. The van der Waals surface area contributed by atoms with E-state index in [4.69, 9.17) is 4.74 Å². The Morgan fingerprint density at radius 2 is 1.82 bits per heavy atom. The third-order valence-electron chi connectivity index (χ3n) is 2.80. The first-order valence-corrected chi connectivity index (χ1v) is 6.08. The molecule has 1 heterocycles. The number of nitrogens with one attached hydrogen (secondary N) is 1. The summed E-state index contributed by atoms with van der Waals surface area (Å²) in [5.41, 5.74) is 0. The van der Waals surface area contributed by atoms with Crippen LogP contribution in [0.3, 0.4) is 0 Å². The van der Waals surface area contributed by atoms with Gasteiger partial charge in [0.1, 0.15) is 6.54 Å². The summed E-state index contributed by atoms with van der Waals surface area (Å²) in [6.45, 7) is 8.35. The van der Waals surface area contributed by atoms with Crippen molar-refractivity contribution in [2.75, 3.05) is 45.9 Å². The molecule has 0 aromatic heterocycles. The molecular weight excluding hydrogens is 222 g/mol. The molecule has 98 valence electrons. The van der Waals surface area contributed by atoms with Gasteiger partial charge in [-0.15, -0.1) is 0 Å². The van der Waals surface area contributed by atoms with E-state index < -0.39 is 5.97 Å². The van der Waals surface area contributed by atoms with E-state index in [-0.39, 0.29) is 12.6 Å². The summed E-state index contributed by atoms with van der Waals surface area (Å²) < 4.78 is 4.73. The maximum Gasteiger partial charge on any atom is 0.325 e. The van der Waals surface area contributed by atoms with Gasteiger partial charge in [0.2, 0.25) is 0 Å². The first-order chi connectivity index (χ1) is 8.17. The van der Waals surface area contributed by atoms with Crippen LogP contribution >= 0.6 is 0 Å². The zero-order valence-corrected chi connectivity index (χ0v) is 10.6. The monoisotopic (exact) mass is 243 g/mol. The summed E-state index contributed by atoms with van der Waals surface area (Å²) >= 11 is 0. The first kappa shape index (κ1) is 13.8. The SMILES string of the molecule is CCOC(=O)CNC(=O)N1CCN(CC)CC1. The molecule has 0 bridgehead atoms. The Hall–Kier alpha value is -1.30. The highest BCUT2D eigenvalue weighted by molar-refractivity contribution is 5.80. The Balaban J connectivity index is 2.22. The number of carbonyl (C=O) groups is 2. The molecule has 0 unspecified atom stereocenters. The molecular formula is C11H21N3O3. The Labute approximate surface area is 102 Å². The van der Waals surface area contributed by atoms with Crippen molar-refractivity contribution in [3.8, 4) is 0 Å². The normalized spacial score (nSPS) is 16.7. The maximum atomic E-state index is 11.7. The van der Waals surface area contributed by atoms with Gasteiger partial charge in [-0.3, -0.25) is 4.79 Å². The minimum atomic E-state index is -0.395. The summed E-state index contributed by atoms with van der Waals surface area (Å²) in [7, 11) is 0. The van der Waals surface area contributed by atoms with Gasteiger partial charge >= 0.3 is 12.0 Å². The second kappa shape index (κ2) is 7.11. The van der Waals surface area contributed by atoms with E-state index in [1.54, 1.807) is 11.8 Å². The lowest BCUT2D eigenvalue weighted by molar-refractivity contribution is -0.141. The highest BCUT2D eigenvalue weighted by atomic mass is 16.5. The number of carbonyl (C=O) groups excluding carboxylic acids is 2. The fourth-order valence-electron chi connectivity index (χ4n) is 1.74. The lowest BCUT2D eigenvalue weighted by Crippen LogP contribution is -2.52. The van der Waals surface area contributed by atoms with Crippen LogP contribution in [0.15, 0.2) is 0 Å². The lowest BCUT2D eigenvalue weighted by Gasteiger charge is -2.33. The standard InChI is InChI=1S/C11H21N3O3/c1-3-13-5-7-14(8-6-13)11(16)12-9-10(15)17-4-2/h3-9H2,1-2H3,(H,12,16). The van der Waals surface area contributed by atoms with Gasteiger partial charge in [0.05, 0.1) is 6.61 Å². The van der Waals surface area contributed by atoms with Crippen LogP contribution in [0.25, 0.3) is 0 Å². The van der Waals surface area contributed by atoms with Crippen LogP contribution in [0.5, 0.6) is 0 Å². The number of hydrogen-bond acceptors (Lipinski definition) is 4. The largest absolute Gasteiger partial charge is 0.465 e. The average Bonchev–Trinajstić information content (AvgIpc) is 2.36. The van der Waals surface area contributed by atoms with Crippen LogP contribution in [0.4, 0.5) is 4.79 Å². The molecule has 1 aliphatic heterocycles. The molecule has 0 aromatic rings. The Morgan fingerprint density at radius 3 is 2.35 bits per heavy atom. The van der Waals surface area contributed by atoms with E-state index in [1.807, 2.05) is 0 Å². The molecule has 1 N–H and O–H groups in total. The molecule has 6 heteroatoms. The number of likely N-dealkylation sites (N-methyl/N-ethyl adjacent to an activating group) is 1. The molecule has 17 heavy (non-hydrogen) atoms. The molecule has 1 fully saturated rings. The molecule has 0 saturated carbocycles. The third kappa shape index (κ3) is 4.60. The second-order valence-corrected chi connectivity index (χ2v) is 3.89. The van der Waals surface area contributed by atoms with Crippen molar-refractivity contribution in [1.29, 1.82) is 0 Å². The maximum absolute atomic E-state index is 11.7. The molecule has 6 nitrogen and oxygen atoms in total. The van der Waals surface area contributed by atoms with Crippen LogP contribution < -0.4 is 5.32 Å². The molecule has 0 aliphatic carbocycles. The Bertz CT molecular complexity index is 263. The van der Waals surface area contributed by atoms with Gasteiger partial charge in [0, 0.05) is 26.2 Å². The van der Waals surface area contributed by atoms with E-state index >= 15 is 0 Å². The number of ether oxygens (including phenoxy) is 1. The van der Waals surface area contributed by atoms with Gasteiger partial charge in [0.25, 0.3) is 0 Å². The fourth-order valence-corrected chi connectivity index (χ4v) is 1.74. The number of piperazine rings is 1. The number of hydrogen-bond donors (Lipinski definition) is 1. The van der Waals surface area contributed by atoms with Crippen molar-refractivity contribution in [3.05, 3.63) is 0 Å². The van der Waals surface area contributed by atoms with Crippen molar-refractivity contribution in [1.82, 2.24) is 15.1 Å². The average molecular weight is 243 g/mol. The second-order valence-electron chi connectivity index (χ2n) is 3.89. The molecule has 0 aromatic carbocycles. The van der Waals surface area contributed by atoms with E-state index in [1.165, 1.54) is 0 Å². The van der Waals surface area contributed by atoms with Crippen molar-refractivity contribution in [2.45, 2.75) is 13.8 Å². The van der Waals surface area contributed by atoms with E-state index in [0.717, 1.165) is 19.6 Å². The quantitative estimate of drug-likeness (QED) is 0.700. The topological polar surface area (TPSA) is 61.9 Å². The van der Waals surface area contributed by atoms with Gasteiger partial charge in [-0.25, -0.2) is 4.79 Å². The van der Waals surface area contributed by atoms with Crippen molar-refractivity contribution in [3.63, 3.8) is 0 Å². The third-order valence-corrected chi connectivity index (χ3v) is 2.80. The summed E-state index contributed by atoms with van der Waals surface area (Å²) in [4.78, 5) is 26.8. The molecule has 0 atom stereocenters. The van der Waals surface area contributed by atoms with E-state index in [2.05, 4.69) is 17.1 Å². The van der Waals surface area contributed by atoms with Gasteiger partial charge in [-0.2, -0.15) is 0 Å². The Kier molecular flexibility index (Phi) is 5.76. The molecule has 0 spiro atoms. The lowest BCUT2D eigenvalue weighted by atomic mass is 10.3. The van der Waals surface area contributed by atoms with Crippen LogP contribution in [-0.4, -0.2) is 67.7 Å². The highest BCUT2D eigenvalue weighted by Gasteiger charge is 2.20. The predicted octanol–water partition coefficient (Wildman–Crippen LogP) is -0.103. The summed E-state index contributed by atoms with van der Waals surface area (Å²) in [6.07, 6.45) is 0.